The van der Waals surface area contributed by atoms with Crippen LogP contribution in [0.4, 0.5) is 5.69 Å². The first-order valence-corrected chi connectivity index (χ1v) is 6.25. The number of nitriles is 1. The summed E-state index contributed by atoms with van der Waals surface area (Å²) in [7, 11) is 0. The third kappa shape index (κ3) is 3.47. The summed E-state index contributed by atoms with van der Waals surface area (Å²) in [5, 5.41) is 22.4. The van der Waals surface area contributed by atoms with Crippen LogP contribution in [0.15, 0.2) is 48.5 Å². The monoisotopic (exact) mass is 272 g/mol. The Morgan fingerprint density at radius 1 is 1.16 bits per heavy atom. The molecule has 0 bridgehead atoms. The lowest BCUT2D eigenvalue weighted by Crippen LogP contribution is -2.12. The summed E-state index contributed by atoms with van der Waals surface area (Å²) in [5.41, 5.74) is 2.16. The molecule has 2 aromatic rings. The van der Waals surface area contributed by atoms with Crippen molar-refractivity contribution in [2.24, 2.45) is 0 Å². The van der Waals surface area contributed by atoms with Crippen LogP contribution in [0.3, 0.4) is 0 Å². The van der Waals surface area contributed by atoms with E-state index in [1.54, 1.807) is 36.4 Å². The molecule has 96 valence electrons. The fraction of sp³-hybridized carbons (Fsp3) is 0.133. The Balaban J connectivity index is 1.98. The van der Waals surface area contributed by atoms with Crippen molar-refractivity contribution in [1.82, 2.24) is 0 Å². The third-order valence-electron chi connectivity index (χ3n) is 2.78. The molecule has 3 nitrogen and oxygen atoms in total. The molecule has 2 N–H and O–H groups in total. The summed E-state index contributed by atoms with van der Waals surface area (Å²) in [5.74, 6) is 0. The molecule has 0 heterocycles. The number of nitrogens with one attached hydrogen (secondary N) is 1. The summed E-state index contributed by atoms with van der Waals surface area (Å²) in [6.07, 6.45) is -0.677. The maximum Gasteiger partial charge on any atom is 0.0991 e. The van der Waals surface area contributed by atoms with Gasteiger partial charge in [0.05, 0.1) is 17.7 Å². The predicted molar refractivity (Wildman–Crippen MR) is 76.1 cm³/mol. The molecule has 0 saturated carbocycles. The molecule has 0 radical (unpaired) electrons. The van der Waals surface area contributed by atoms with Gasteiger partial charge in [-0.3, -0.25) is 0 Å². The van der Waals surface area contributed by atoms with Crippen molar-refractivity contribution in [2.75, 3.05) is 11.9 Å². The first-order valence-electron chi connectivity index (χ1n) is 5.87. The van der Waals surface area contributed by atoms with E-state index in [1.165, 1.54) is 0 Å². The zero-order chi connectivity index (χ0) is 13.7. The Labute approximate surface area is 117 Å². The van der Waals surface area contributed by atoms with E-state index in [-0.39, 0.29) is 0 Å². The number of aliphatic hydroxyl groups excluding tert-OH is 1. The number of hydrogen-bond acceptors (Lipinski definition) is 3. The fourth-order valence-electron chi connectivity index (χ4n) is 1.73. The first kappa shape index (κ1) is 13.4. The molecule has 0 aliphatic heterocycles. The Hall–Kier alpha value is -2.02. The highest BCUT2D eigenvalue weighted by atomic mass is 35.5. The normalized spacial score (nSPS) is 11.6. The SMILES string of the molecule is N#Cc1ccc(NCC(O)c2ccccc2Cl)cc1. The van der Waals surface area contributed by atoms with Crippen LogP contribution in [-0.4, -0.2) is 11.7 Å². The average molecular weight is 273 g/mol. The van der Waals surface area contributed by atoms with E-state index in [0.717, 1.165) is 5.69 Å². The van der Waals surface area contributed by atoms with Crippen molar-refractivity contribution in [3.8, 4) is 6.07 Å². The van der Waals surface area contributed by atoms with Gasteiger partial charge in [0.1, 0.15) is 0 Å². The van der Waals surface area contributed by atoms with Gasteiger partial charge in [-0.1, -0.05) is 29.8 Å². The lowest BCUT2D eigenvalue weighted by atomic mass is 10.1. The van der Waals surface area contributed by atoms with Crippen LogP contribution < -0.4 is 5.32 Å². The number of hydrogen-bond donors (Lipinski definition) is 2. The van der Waals surface area contributed by atoms with Gasteiger partial charge in [-0.15, -0.1) is 0 Å². The number of anilines is 1. The van der Waals surface area contributed by atoms with Gasteiger partial charge in [0, 0.05) is 22.8 Å². The van der Waals surface area contributed by atoms with Crippen LogP contribution >= 0.6 is 11.6 Å². The smallest absolute Gasteiger partial charge is 0.0991 e. The van der Waals surface area contributed by atoms with Crippen molar-refractivity contribution >= 4 is 17.3 Å². The Bertz CT molecular complexity index is 590. The van der Waals surface area contributed by atoms with Crippen molar-refractivity contribution in [3.05, 3.63) is 64.7 Å². The molecule has 0 spiro atoms. The summed E-state index contributed by atoms with van der Waals surface area (Å²) < 4.78 is 0. The highest BCUT2D eigenvalue weighted by Gasteiger charge is 2.10. The molecule has 1 atom stereocenters. The van der Waals surface area contributed by atoms with Gasteiger partial charge >= 0.3 is 0 Å². The Morgan fingerprint density at radius 3 is 2.47 bits per heavy atom. The Morgan fingerprint density at radius 2 is 1.84 bits per heavy atom. The van der Waals surface area contributed by atoms with Gasteiger partial charge in [-0.25, -0.2) is 0 Å². The molecule has 0 aliphatic rings. The van der Waals surface area contributed by atoms with Gasteiger partial charge in [0.25, 0.3) is 0 Å². The van der Waals surface area contributed by atoms with Crippen molar-refractivity contribution < 1.29 is 5.11 Å². The maximum atomic E-state index is 10.1. The van der Waals surface area contributed by atoms with Crippen LogP contribution in [0.2, 0.25) is 5.02 Å². The van der Waals surface area contributed by atoms with E-state index in [4.69, 9.17) is 16.9 Å². The van der Waals surface area contributed by atoms with Gasteiger partial charge in [-0.2, -0.15) is 5.26 Å². The van der Waals surface area contributed by atoms with E-state index in [9.17, 15) is 5.11 Å². The molecule has 1 unspecified atom stereocenters. The largest absolute Gasteiger partial charge is 0.387 e. The van der Waals surface area contributed by atoms with Gasteiger partial charge in [0.15, 0.2) is 0 Å². The minimum Gasteiger partial charge on any atom is -0.387 e. The molecular weight excluding hydrogens is 260 g/mol. The van der Waals surface area contributed by atoms with E-state index in [2.05, 4.69) is 11.4 Å². The minimum atomic E-state index is -0.677. The topological polar surface area (TPSA) is 56.0 Å². The summed E-state index contributed by atoms with van der Waals surface area (Å²) in [6, 6.07) is 16.3. The molecule has 0 amide bonds. The van der Waals surface area contributed by atoms with Crippen LogP contribution in [-0.2, 0) is 0 Å². The molecule has 19 heavy (non-hydrogen) atoms. The van der Waals surface area contributed by atoms with Crippen molar-refractivity contribution in [1.29, 1.82) is 5.26 Å². The van der Waals surface area contributed by atoms with Crippen molar-refractivity contribution in [2.45, 2.75) is 6.10 Å². The van der Waals surface area contributed by atoms with Crippen molar-refractivity contribution in [3.63, 3.8) is 0 Å². The predicted octanol–water partition coefficient (Wildman–Crippen LogP) is 3.36. The van der Waals surface area contributed by atoms with Crippen LogP contribution in [0.25, 0.3) is 0 Å². The second-order valence-electron chi connectivity index (χ2n) is 4.11. The summed E-state index contributed by atoms with van der Waals surface area (Å²) in [4.78, 5) is 0. The van der Waals surface area contributed by atoms with Crippen LogP contribution in [0.5, 0.6) is 0 Å². The molecule has 0 saturated heterocycles. The van der Waals surface area contributed by atoms with Crippen LogP contribution in [0.1, 0.15) is 17.2 Å². The molecular formula is C15H13ClN2O. The third-order valence-corrected chi connectivity index (χ3v) is 3.12. The zero-order valence-corrected chi connectivity index (χ0v) is 10.9. The van der Waals surface area contributed by atoms with E-state index >= 15 is 0 Å². The molecule has 0 fully saturated rings. The second kappa shape index (κ2) is 6.24. The molecule has 0 aromatic heterocycles. The highest BCUT2D eigenvalue weighted by molar-refractivity contribution is 6.31. The quantitative estimate of drug-likeness (QED) is 0.897. The maximum absolute atomic E-state index is 10.1. The number of benzene rings is 2. The lowest BCUT2D eigenvalue weighted by molar-refractivity contribution is 0.192. The highest BCUT2D eigenvalue weighted by Crippen LogP contribution is 2.22. The second-order valence-corrected chi connectivity index (χ2v) is 4.51. The first-order chi connectivity index (χ1) is 9.20. The minimum absolute atomic E-state index is 0.357. The average Bonchev–Trinajstić information content (AvgIpc) is 2.46. The van der Waals surface area contributed by atoms with Gasteiger partial charge in [-0.05, 0) is 30.3 Å². The number of aliphatic hydroxyl groups is 1. The molecule has 2 aromatic carbocycles. The van der Waals surface area contributed by atoms with E-state index in [1.807, 2.05) is 12.1 Å². The van der Waals surface area contributed by atoms with Crippen LogP contribution in [0, 0.1) is 11.3 Å². The van der Waals surface area contributed by atoms with E-state index < -0.39 is 6.10 Å². The van der Waals surface area contributed by atoms with Gasteiger partial charge < -0.3 is 10.4 Å². The zero-order valence-electron chi connectivity index (χ0n) is 10.2. The Kier molecular flexibility index (Phi) is 4.40. The number of halogens is 1. The molecule has 4 heteroatoms. The van der Waals surface area contributed by atoms with Gasteiger partial charge in [0.2, 0.25) is 0 Å². The summed E-state index contributed by atoms with van der Waals surface area (Å²) >= 11 is 6.02. The standard InChI is InChI=1S/C15H13ClN2O/c16-14-4-2-1-3-13(14)15(19)10-18-12-7-5-11(9-17)6-8-12/h1-8,15,18-19H,10H2. The molecule has 2 rings (SSSR count). The number of nitrogens with zero attached hydrogens (tertiary/aromatic N) is 1. The lowest BCUT2D eigenvalue weighted by Gasteiger charge is -2.14. The summed E-state index contributed by atoms with van der Waals surface area (Å²) in [6.45, 7) is 0.357. The number of rotatable bonds is 4. The molecule has 0 aliphatic carbocycles. The van der Waals surface area contributed by atoms with E-state index in [0.29, 0.717) is 22.7 Å². The fourth-order valence-corrected chi connectivity index (χ4v) is 1.99.